The van der Waals surface area contributed by atoms with Gasteiger partial charge in [0, 0.05) is 17.6 Å². The molecule has 0 aromatic heterocycles. The largest absolute Gasteiger partial charge is 0.481 e. The molecule has 4 heteroatoms. The number of nitrogens with one attached hydrogen (secondary N) is 1. The summed E-state index contributed by atoms with van der Waals surface area (Å²) in [5.74, 6) is -0.953. The minimum atomic E-state index is -0.707. The molecule has 0 aliphatic heterocycles. The van der Waals surface area contributed by atoms with Crippen molar-refractivity contribution >= 4 is 17.6 Å². The lowest BCUT2D eigenvalue weighted by molar-refractivity contribution is -0.141. The van der Waals surface area contributed by atoms with Crippen LogP contribution in [0.5, 0.6) is 0 Å². The molecule has 0 saturated heterocycles. The molecule has 0 radical (unpaired) electrons. The zero-order valence-corrected chi connectivity index (χ0v) is 12.3. The summed E-state index contributed by atoms with van der Waals surface area (Å²) < 4.78 is 0. The molecule has 1 aromatic carbocycles. The molecule has 3 nitrogen and oxygen atoms in total. The maximum atomic E-state index is 10.7. The predicted molar refractivity (Wildman–Crippen MR) is 78.4 cm³/mol. The summed E-state index contributed by atoms with van der Waals surface area (Å²) in [7, 11) is 0. The SMILES string of the molecule is CC(CCCC(C)C(=O)O)NCc1ccc(Cl)cc1. The van der Waals surface area contributed by atoms with Gasteiger partial charge in [0.05, 0.1) is 5.92 Å². The van der Waals surface area contributed by atoms with E-state index in [0.717, 1.165) is 30.8 Å². The van der Waals surface area contributed by atoms with Crippen molar-refractivity contribution < 1.29 is 9.90 Å². The Morgan fingerprint density at radius 1 is 1.26 bits per heavy atom. The van der Waals surface area contributed by atoms with E-state index in [-0.39, 0.29) is 5.92 Å². The third kappa shape index (κ3) is 6.60. The summed E-state index contributed by atoms with van der Waals surface area (Å²) >= 11 is 5.83. The van der Waals surface area contributed by atoms with Crippen molar-refractivity contribution in [1.82, 2.24) is 5.32 Å². The average molecular weight is 284 g/mol. The van der Waals surface area contributed by atoms with Crippen LogP contribution in [0.1, 0.15) is 38.7 Å². The van der Waals surface area contributed by atoms with Crippen molar-refractivity contribution in [3.63, 3.8) is 0 Å². The van der Waals surface area contributed by atoms with Crippen LogP contribution < -0.4 is 5.32 Å². The van der Waals surface area contributed by atoms with E-state index in [1.54, 1.807) is 6.92 Å². The molecule has 2 atom stereocenters. The van der Waals surface area contributed by atoms with Crippen molar-refractivity contribution in [1.29, 1.82) is 0 Å². The van der Waals surface area contributed by atoms with Gasteiger partial charge in [0.25, 0.3) is 0 Å². The molecule has 0 saturated carbocycles. The fraction of sp³-hybridized carbons (Fsp3) is 0.533. The average Bonchev–Trinajstić information content (AvgIpc) is 2.37. The van der Waals surface area contributed by atoms with E-state index in [1.807, 2.05) is 24.3 Å². The van der Waals surface area contributed by atoms with E-state index in [0.29, 0.717) is 6.04 Å². The fourth-order valence-electron chi connectivity index (χ4n) is 1.85. The highest BCUT2D eigenvalue weighted by Crippen LogP contribution is 2.11. The van der Waals surface area contributed by atoms with Crippen LogP contribution in [0.15, 0.2) is 24.3 Å². The van der Waals surface area contributed by atoms with Crippen LogP contribution in [0.4, 0.5) is 0 Å². The summed E-state index contributed by atoms with van der Waals surface area (Å²) in [5, 5.41) is 13.0. The van der Waals surface area contributed by atoms with E-state index < -0.39 is 5.97 Å². The number of carbonyl (C=O) groups is 1. The van der Waals surface area contributed by atoms with Crippen LogP contribution in [0.25, 0.3) is 0 Å². The summed E-state index contributed by atoms with van der Waals surface area (Å²) in [4.78, 5) is 10.7. The Morgan fingerprint density at radius 3 is 2.47 bits per heavy atom. The molecule has 2 N–H and O–H groups in total. The number of carboxylic acid groups (broad SMARTS) is 1. The third-order valence-electron chi connectivity index (χ3n) is 3.26. The standard InChI is InChI=1S/C15H22ClNO2/c1-11(15(18)19)4-3-5-12(2)17-10-13-6-8-14(16)9-7-13/h6-9,11-12,17H,3-5,10H2,1-2H3,(H,18,19). The Hall–Kier alpha value is -1.06. The van der Waals surface area contributed by atoms with Gasteiger partial charge in [-0.15, -0.1) is 0 Å². The highest BCUT2D eigenvalue weighted by molar-refractivity contribution is 6.30. The lowest BCUT2D eigenvalue weighted by atomic mass is 10.0. The van der Waals surface area contributed by atoms with Gasteiger partial charge in [-0.25, -0.2) is 0 Å². The zero-order chi connectivity index (χ0) is 14.3. The quantitative estimate of drug-likeness (QED) is 0.765. The number of benzene rings is 1. The molecule has 0 aliphatic rings. The molecule has 2 unspecified atom stereocenters. The molecule has 0 fully saturated rings. The number of carboxylic acids is 1. The number of rotatable bonds is 8. The van der Waals surface area contributed by atoms with Gasteiger partial charge in [-0.05, 0) is 37.5 Å². The monoisotopic (exact) mass is 283 g/mol. The Morgan fingerprint density at radius 2 is 1.89 bits per heavy atom. The van der Waals surface area contributed by atoms with Gasteiger partial charge >= 0.3 is 5.97 Å². The maximum absolute atomic E-state index is 10.7. The lowest BCUT2D eigenvalue weighted by Gasteiger charge is -2.14. The molecule has 1 aromatic rings. The predicted octanol–water partition coefficient (Wildman–Crippen LogP) is 3.71. The minimum Gasteiger partial charge on any atom is -0.481 e. The Balaban J connectivity index is 2.19. The second-order valence-corrected chi connectivity index (χ2v) is 5.52. The Labute approximate surface area is 120 Å². The van der Waals surface area contributed by atoms with E-state index in [4.69, 9.17) is 16.7 Å². The van der Waals surface area contributed by atoms with Gasteiger partial charge < -0.3 is 10.4 Å². The van der Waals surface area contributed by atoms with Crippen LogP contribution >= 0.6 is 11.6 Å². The molecular formula is C15H22ClNO2. The first kappa shape index (κ1) is 16.0. The molecule has 106 valence electrons. The smallest absolute Gasteiger partial charge is 0.306 e. The van der Waals surface area contributed by atoms with Crippen molar-refractivity contribution in [2.45, 2.75) is 45.7 Å². The first-order chi connectivity index (χ1) is 8.99. The summed E-state index contributed by atoms with van der Waals surface area (Å²) in [5.41, 5.74) is 1.20. The van der Waals surface area contributed by atoms with Gasteiger partial charge in [0.2, 0.25) is 0 Å². The molecule has 0 aliphatic carbocycles. The van der Waals surface area contributed by atoms with Crippen molar-refractivity contribution in [2.75, 3.05) is 0 Å². The second kappa shape index (κ2) is 8.18. The molecular weight excluding hydrogens is 262 g/mol. The molecule has 0 bridgehead atoms. The highest BCUT2D eigenvalue weighted by Gasteiger charge is 2.11. The van der Waals surface area contributed by atoms with Gasteiger partial charge in [0.15, 0.2) is 0 Å². The first-order valence-corrected chi connectivity index (χ1v) is 7.07. The molecule has 19 heavy (non-hydrogen) atoms. The first-order valence-electron chi connectivity index (χ1n) is 6.69. The second-order valence-electron chi connectivity index (χ2n) is 5.08. The molecule has 0 amide bonds. The molecule has 0 heterocycles. The van der Waals surface area contributed by atoms with Gasteiger partial charge in [-0.1, -0.05) is 37.1 Å². The van der Waals surface area contributed by atoms with E-state index in [9.17, 15) is 4.79 Å². The van der Waals surface area contributed by atoms with Gasteiger partial charge in [-0.3, -0.25) is 4.79 Å². The van der Waals surface area contributed by atoms with Crippen LogP contribution in [0.2, 0.25) is 5.02 Å². The third-order valence-corrected chi connectivity index (χ3v) is 3.52. The van der Waals surface area contributed by atoms with Crippen LogP contribution in [0.3, 0.4) is 0 Å². The normalized spacial score (nSPS) is 14.1. The van der Waals surface area contributed by atoms with Crippen molar-refractivity contribution in [3.8, 4) is 0 Å². The number of hydrogen-bond donors (Lipinski definition) is 2. The minimum absolute atomic E-state index is 0.247. The van der Waals surface area contributed by atoms with Crippen LogP contribution in [-0.4, -0.2) is 17.1 Å². The molecule has 1 rings (SSSR count). The van der Waals surface area contributed by atoms with Crippen LogP contribution in [0, 0.1) is 5.92 Å². The lowest BCUT2D eigenvalue weighted by Crippen LogP contribution is -2.25. The number of hydrogen-bond acceptors (Lipinski definition) is 2. The van der Waals surface area contributed by atoms with Crippen molar-refractivity contribution in [2.24, 2.45) is 5.92 Å². The molecule has 0 spiro atoms. The van der Waals surface area contributed by atoms with Crippen molar-refractivity contribution in [3.05, 3.63) is 34.9 Å². The Bertz CT molecular complexity index is 392. The maximum Gasteiger partial charge on any atom is 0.306 e. The number of aliphatic carboxylic acids is 1. The highest BCUT2D eigenvalue weighted by atomic mass is 35.5. The van der Waals surface area contributed by atoms with E-state index >= 15 is 0 Å². The van der Waals surface area contributed by atoms with E-state index in [1.165, 1.54) is 5.56 Å². The van der Waals surface area contributed by atoms with E-state index in [2.05, 4.69) is 12.2 Å². The summed E-state index contributed by atoms with van der Waals surface area (Å²) in [6, 6.07) is 8.18. The van der Waals surface area contributed by atoms with Gasteiger partial charge in [0.1, 0.15) is 0 Å². The number of halogens is 1. The topological polar surface area (TPSA) is 49.3 Å². The zero-order valence-electron chi connectivity index (χ0n) is 11.5. The van der Waals surface area contributed by atoms with Crippen LogP contribution in [-0.2, 0) is 11.3 Å². The van der Waals surface area contributed by atoms with Gasteiger partial charge in [-0.2, -0.15) is 0 Å². The fourth-order valence-corrected chi connectivity index (χ4v) is 1.98. The summed E-state index contributed by atoms with van der Waals surface area (Å²) in [6.07, 6.45) is 2.66. The summed E-state index contributed by atoms with van der Waals surface area (Å²) in [6.45, 7) is 4.70. The Kier molecular flexibility index (Phi) is 6.89.